The molecule has 0 radical (unpaired) electrons. The molecule has 3 saturated heterocycles. The number of nitrogens with two attached hydrogens (primary N) is 1. The fraction of sp³-hybridized carbons (Fsp3) is 0.450. The van der Waals surface area contributed by atoms with Crippen LogP contribution in [-0.4, -0.2) is 76.4 Å². The molecule has 4 heterocycles. The zero-order chi connectivity index (χ0) is 40.5. The minimum Gasteiger partial charge on any atom is -0.493 e. The van der Waals surface area contributed by atoms with Crippen LogP contribution in [0.4, 0.5) is 41.7 Å². The summed E-state index contributed by atoms with van der Waals surface area (Å²) in [7, 11) is 0. The minimum absolute atomic E-state index is 0.0751. The van der Waals surface area contributed by atoms with Gasteiger partial charge in [-0.2, -0.15) is 13.2 Å². The highest BCUT2D eigenvalue weighted by atomic mass is 32.1. The van der Waals surface area contributed by atoms with Crippen LogP contribution in [0.15, 0.2) is 54.7 Å². The first-order valence-electron chi connectivity index (χ1n) is 19.3. The highest BCUT2D eigenvalue weighted by Crippen LogP contribution is 2.49. The molecule has 4 amide bonds. The molecule has 7 rings (SSSR count). The van der Waals surface area contributed by atoms with E-state index >= 15 is 0 Å². The van der Waals surface area contributed by atoms with Gasteiger partial charge in [0.05, 0.1) is 30.6 Å². The third kappa shape index (κ3) is 8.40. The van der Waals surface area contributed by atoms with Crippen LogP contribution in [-0.2, 0) is 31.8 Å². The lowest BCUT2D eigenvalue weighted by molar-refractivity contribution is -0.137. The van der Waals surface area contributed by atoms with Gasteiger partial charge in [-0.25, -0.2) is 4.98 Å². The third-order valence-electron chi connectivity index (χ3n) is 11.3. The summed E-state index contributed by atoms with van der Waals surface area (Å²) in [5.74, 6) is -0.658. The van der Waals surface area contributed by atoms with Gasteiger partial charge in [0.25, 0.3) is 5.91 Å². The number of aryl methyl sites for hydroxylation is 1. The van der Waals surface area contributed by atoms with Gasteiger partial charge < -0.3 is 26.0 Å². The van der Waals surface area contributed by atoms with Crippen LogP contribution in [0.3, 0.4) is 0 Å². The van der Waals surface area contributed by atoms with Crippen LogP contribution in [0.2, 0.25) is 0 Å². The minimum atomic E-state index is -4.75. The van der Waals surface area contributed by atoms with E-state index in [0.29, 0.717) is 55.3 Å². The summed E-state index contributed by atoms with van der Waals surface area (Å²) in [6.07, 6.45) is 2.23. The summed E-state index contributed by atoms with van der Waals surface area (Å²) >= 11 is 5.79. The number of rotatable bonds is 12. The monoisotopic (exact) mass is 806 g/mol. The predicted octanol–water partition coefficient (Wildman–Crippen LogP) is 5.64. The van der Waals surface area contributed by atoms with Gasteiger partial charge in [-0.1, -0.05) is 13.0 Å². The molecule has 1 unspecified atom stereocenters. The van der Waals surface area contributed by atoms with E-state index in [4.69, 9.17) is 22.7 Å². The van der Waals surface area contributed by atoms with Crippen LogP contribution >= 0.6 is 12.2 Å². The fourth-order valence-corrected chi connectivity index (χ4v) is 8.50. The molecule has 4 fully saturated rings. The van der Waals surface area contributed by atoms with Gasteiger partial charge in [0.2, 0.25) is 17.7 Å². The standard InChI is InChI=1S/C40H45F3N8O5S/c1-2-25-19-28(51-38(57)50(37(55)39(51)14-4-15-39)29-21-30(40(41,42)43)35(44)45-22-29)7-9-32(25)56-18-13-24-11-16-49(17-12-24)23-34(53)47-27-6-3-5-26(20-27)46-31-8-10-33(52)48-36(31)54/h3,5-7,9,19-22,24,31,46H,2,4,8,10-18,23H2,1H3,(H2,44,45)(H,47,53)(H,48,52,54). The van der Waals surface area contributed by atoms with Gasteiger partial charge in [-0.3, -0.25) is 34.3 Å². The van der Waals surface area contributed by atoms with Crippen molar-refractivity contribution in [2.24, 2.45) is 5.92 Å². The first-order chi connectivity index (χ1) is 27.3. The average Bonchev–Trinajstić information content (AvgIpc) is 3.39. The van der Waals surface area contributed by atoms with Crippen molar-refractivity contribution in [2.75, 3.05) is 52.4 Å². The van der Waals surface area contributed by atoms with E-state index in [0.717, 1.165) is 67.2 Å². The number of carbonyl (C=O) groups is 4. The van der Waals surface area contributed by atoms with Crippen molar-refractivity contribution >= 4 is 69.5 Å². The van der Waals surface area contributed by atoms with Crippen molar-refractivity contribution < 1.29 is 37.1 Å². The molecule has 3 aromatic rings. The van der Waals surface area contributed by atoms with Crippen molar-refractivity contribution in [1.29, 1.82) is 0 Å². The Labute approximate surface area is 333 Å². The van der Waals surface area contributed by atoms with Crippen LogP contribution in [0.25, 0.3) is 0 Å². The Kier molecular flexibility index (Phi) is 11.4. The molecule has 0 bridgehead atoms. The first-order valence-corrected chi connectivity index (χ1v) is 19.7. The zero-order valence-corrected chi connectivity index (χ0v) is 32.3. The molecular weight excluding hydrogens is 762 g/mol. The molecule has 1 saturated carbocycles. The number of amides is 4. The van der Waals surface area contributed by atoms with E-state index in [9.17, 15) is 32.3 Å². The molecule has 1 aliphatic carbocycles. The predicted molar refractivity (Wildman–Crippen MR) is 213 cm³/mol. The molecule has 17 heteroatoms. The number of nitrogens with one attached hydrogen (secondary N) is 3. The van der Waals surface area contributed by atoms with E-state index < -0.39 is 29.1 Å². The number of ether oxygens (including phenoxy) is 1. The molecule has 1 aromatic heterocycles. The summed E-state index contributed by atoms with van der Waals surface area (Å²) in [5.41, 5.74) is 6.23. The molecule has 302 valence electrons. The Balaban J connectivity index is 0.903. The van der Waals surface area contributed by atoms with Crippen molar-refractivity contribution in [1.82, 2.24) is 15.2 Å². The molecule has 3 aliphatic heterocycles. The number of hydrogen-bond acceptors (Lipinski definition) is 10. The number of anilines is 5. The Hall–Kier alpha value is -5.29. The van der Waals surface area contributed by atoms with Crippen LogP contribution < -0.4 is 36.2 Å². The second kappa shape index (κ2) is 16.3. The SMILES string of the molecule is CCc1cc(N2C(=S)N(c3cnc(N)c(C(F)(F)F)c3)C(=O)C23CCC3)ccc1OCCC1CCN(CC(=O)Nc2cccc(NC3CCC(=O)NC3=O)c2)CC1. The number of halogens is 3. The highest BCUT2D eigenvalue weighted by Gasteiger charge is 2.60. The molecular formula is C40H45F3N8O5S. The number of piperidine rings is 2. The summed E-state index contributed by atoms with van der Waals surface area (Å²) < 4.78 is 47.3. The summed E-state index contributed by atoms with van der Waals surface area (Å²) in [6.45, 7) is 4.33. The van der Waals surface area contributed by atoms with E-state index in [1.54, 1.807) is 23.1 Å². The number of aromatic nitrogens is 1. The molecule has 1 atom stereocenters. The Morgan fingerprint density at radius 1 is 1.05 bits per heavy atom. The average molecular weight is 807 g/mol. The topological polar surface area (TPSA) is 162 Å². The Morgan fingerprint density at radius 2 is 1.81 bits per heavy atom. The quantitative estimate of drug-likeness (QED) is 0.132. The maximum atomic E-state index is 13.9. The van der Waals surface area contributed by atoms with Crippen LogP contribution in [0.5, 0.6) is 5.75 Å². The van der Waals surface area contributed by atoms with Crippen molar-refractivity contribution in [3.63, 3.8) is 0 Å². The normalized spacial score (nSPS) is 20.1. The number of alkyl halides is 3. The highest BCUT2D eigenvalue weighted by molar-refractivity contribution is 7.81. The van der Waals surface area contributed by atoms with Crippen LogP contribution in [0.1, 0.15) is 69.4 Å². The van der Waals surface area contributed by atoms with Crippen LogP contribution in [0, 0.1) is 5.92 Å². The molecule has 4 aliphatic rings. The molecule has 1 spiro atoms. The summed E-state index contributed by atoms with van der Waals surface area (Å²) in [4.78, 5) is 59.1. The number of imide groups is 1. The second-order valence-corrected chi connectivity index (χ2v) is 15.4. The molecule has 2 aromatic carbocycles. The number of thiocarbonyl (C=S) groups is 1. The van der Waals surface area contributed by atoms with Gasteiger partial charge >= 0.3 is 6.18 Å². The van der Waals surface area contributed by atoms with Crippen molar-refractivity contribution in [3.05, 3.63) is 65.9 Å². The Morgan fingerprint density at radius 3 is 2.49 bits per heavy atom. The Bertz CT molecular complexity index is 2070. The van der Waals surface area contributed by atoms with Crippen molar-refractivity contribution in [3.8, 4) is 5.75 Å². The van der Waals surface area contributed by atoms with Gasteiger partial charge in [-0.05, 0) is 131 Å². The molecule has 57 heavy (non-hydrogen) atoms. The number of nitrogens with zero attached hydrogens (tertiary/aromatic N) is 4. The van der Waals surface area contributed by atoms with E-state index in [1.807, 2.05) is 31.2 Å². The number of pyridine rings is 1. The molecule has 5 N–H and O–H groups in total. The largest absolute Gasteiger partial charge is 0.493 e. The summed E-state index contributed by atoms with van der Waals surface area (Å²) in [6, 6.07) is 13.1. The first kappa shape index (κ1) is 39.9. The van der Waals surface area contributed by atoms with E-state index in [2.05, 4.69) is 25.8 Å². The number of hydrogen-bond donors (Lipinski definition) is 4. The fourth-order valence-electron chi connectivity index (χ4n) is 8.04. The smallest absolute Gasteiger partial charge is 0.420 e. The zero-order valence-electron chi connectivity index (χ0n) is 31.5. The lowest BCUT2D eigenvalue weighted by Gasteiger charge is -2.43. The lowest BCUT2D eigenvalue weighted by atomic mass is 9.75. The lowest BCUT2D eigenvalue weighted by Crippen LogP contribution is -2.55. The molecule has 13 nitrogen and oxygen atoms in total. The van der Waals surface area contributed by atoms with Gasteiger partial charge in [-0.15, -0.1) is 0 Å². The third-order valence-corrected chi connectivity index (χ3v) is 11.7. The number of benzene rings is 2. The maximum Gasteiger partial charge on any atom is 0.420 e. The maximum absolute atomic E-state index is 13.9. The van der Waals surface area contributed by atoms with Gasteiger partial charge in [0.15, 0.2) is 5.11 Å². The summed E-state index contributed by atoms with van der Waals surface area (Å²) in [5, 5.41) is 8.51. The van der Waals surface area contributed by atoms with E-state index in [-0.39, 0.29) is 47.4 Å². The number of carbonyl (C=O) groups excluding carboxylic acids is 4. The van der Waals surface area contributed by atoms with Gasteiger partial charge in [0, 0.05) is 23.5 Å². The van der Waals surface area contributed by atoms with E-state index in [1.165, 1.54) is 0 Å². The van der Waals surface area contributed by atoms with Gasteiger partial charge in [0.1, 0.15) is 23.1 Å². The number of likely N-dealkylation sites (tertiary alicyclic amines) is 1. The second-order valence-electron chi connectivity index (χ2n) is 15.0. The van der Waals surface area contributed by atoms with Crippen molar-refractivity contribution in [2.45, 2.75) is 82.5 Å². The number of nitrogen functional groups attached to an aromatic ring is 1.